The number of carbonyl (C=O) groups excluding carboxylic acids is 1. The third kappa shape index (κ3) is 2.10. The fourth-order valence-electron chi connectivity index (χ4n) is 1.60. The summed E-state index contributed by atoms with van der Waals surface area (Å²) in [5.74, 6) is -0.986. The molecule has 88 valence electrons. The van der Waals surface area contributed by atoms with Crippen molar-refractivity contribution in [3.8, 4) is 0 Å². The summed E-state index contributed by atoms with van der Waals surface area (Å²) in [4.78, 5) is 14.9. The zero-order valence-corrected chi connectivity index (χ0v) is 8.93. The molecule has 0 atom stereocenters. The van der Waals surface area contributed by atoms with Crippen LogP contribution < -0.4 is 11.5 Å². The van der Waals surface area contributed by atoms with Crippen molar-refractivity contribution in [2.45, 2.75) is 6.54 Å². The Hall–Kier alpha value is -2.37. The summed E-state index contributed by atoms with van der Waals surface area (Å²) in [6.07, 6.45) is 1.36. The van der Waals surface area contributed by atoms with E-state index in [0.29, 0.717) is 5.56 Å². The first kappa shape index (κ1) is 11.1. The molecule has 1 amide bonds. The van der Waals surface area contributed by atoms with Crippen LogP contribution in [0.3, 0.4) is 0 Å². The molecule has 4 N–H and O–H groups in total. The van der Waals surface area contributed by atoms with E-state index in [0.717, 1.165) is 0 Å². The molecule has 6 heteroatoms. The summed E-state index contributed by atoms with van der Waals surface area (Å²) >= 11 is 0. The van der Waals surface area contributed by atoms with Crippen molar-refractivity contribution in [2.75, 3.05) is 5.73 Å². The van der Waals surface area contributed by atoms with Crippen LogP contribution in [0.5, 0.6) is 0 Å². The number of primary amides is 1. The number of halogens is 1. The summed E-state index contributed by atoms with van der Waals surface area (Å²) in [5, 5.41) is 0. The van der Waals surface area contributed by atoms with E-state index in [1.54, 1.807) is 18.2 Å². The number of aromatic nitrogens is 2. The summed E-state index contributed by atoms with van der Waals surface area (Å²) in [7, 11) is 0. The predicted octanol–water partition coefficient (Wildman–Crippen LogP) is 0.752. The standard InChI is InChI=1S/C11H11FN4O/c12-8-4-2-1-3-7(8)5-16-6-15-10(13)9(16)11(14)17/h1-4,6H,5,13H2,(H2,14,17). The van der Waals surface area contributed by atoms with Gasteiger partial charge >= 0.3 is 0 Å². The first-order valence-electron chi connectivity index (χ1n) is 4.93. The Morgan fingerprint density at radius 3 is 2.76 bits per heavy atom. The van der Waals surface area contributed by atoms with Crippen molar-refractivity contribution in [2.24, 2.45) is 5.73 Å². The van der Waals surface area contributed by atoms with Crippen LogP contribution in [0.4, 0.5) is 10.2 Å². The van der Waals surface area contributed by atoms with Crippen molar-refractivity contribution >= 4 is 11.7 Å². The summed E-state index contributed by atoms with van der Waals surface area (Å²) in [5.41, 5.74) is 11.2. The Labute approximate surface area is 96.9 Å². The summed E-state index contributed by atoms with van der Waals surface area (Å²) in [6.45, 7) is 0.162. The van der Waals surface area contributed by atoms with Gasteiger partial charge in [0.2, 0.25) is 0 Å². The van der Waals surface area contributed by atoms with E-state index in [2.05, 4.69) is 4.98 Å². The molecule has 1 heterocycles. The number of benzene rings is 1. The van der Waals surface area contributed by atoms with E-state index >= 15 is 0 Å². The van der Waals surface area contributed by atoms with Gasteiger partial charge in [0.1, 0.15) is 5.82 Å². The molecule has 2 aromatic rings. The van der Waals surface area contributed by atoms with E-state index in [1.165, 1.54) is 17.0 Å². The smallest absolute Gasteiger partial charge is 0.269 e. The zero-order chi connectivity index (χ0) is 12.4. The predicted molar refractivity (Wildman–Crippen MR) is 60.7 cm³/mol. The van der Waals surface area contributed by atoms with Crippen LogP contribution in [-0.2, 0) is 6.54 Å². The van der Waals surface area contributed by atoms with Crippen molar-refractivity contribution in [1.29, 1.82) is 0 Å². The van der Waals surface area contributed by atoms with Gasteiger partial charge in [-0.15, -0.1) is 0 Å². The average Bonchev–Trinajstić information content (AvgIpc) is 2.63. The van der Waals surface area contributed by atoms with Gasteiger partial charge in [-0.1, -0.05) is 18.2 Å². The molecule has 5 nitrogen and oxygen atoms in total. The molecule has 0 unspecified atom stereocenters. The Bertz CT molecular complexity index is 564. The van der Waals surface area contributed by atoms with Gasteiger partial charge in [-0.05, 0) is 6.07 Å². The molecule has 2 rings (SSSR count). The average molecular weight is 234 g/mol. The normalized spacial score (nSPS) is 10.4. The lowest BCUT2D eigenvalue weighted by Gasteiger charge is -2.07. The maximum absolute atomic E-state index is 13.4. The first-order chi connectivity index (χ1) is 8.09. The fourth-order valence-corrected chi connectivity index (χ4v) is 1.60. The van der Waals surface area contributed by atoms with Gasteiger partial charge in [-0.25, -0.2) is 9.37 Å². The molecule has 0 saturated carbocycles. The van der Waals surface area contributed by atoms with Crippen LogP contribution in [0, 0.1) is 5.82 Å². The lowest BCUT2D eigenvalue weighted by Crippen LogP contribution is -2.19. The lowest BCUT2D eigenvalue weighted by atomic mass is 10.2. The number of carbonyl (C=O) groups is 1. The van der Waals surface area contributed by atoms with Crippen molar-refractivity contribution in [3.63, 3.8) is 0 Å². The lowest BCUT2D eigenvalue weighted by molar-refractivity contribution is 0.0993. The number of rotatable bonds is 3. The van der Waals surface area contributed by atoms with E-state index in [9.17, 15) is 9.18 Å². The maximum atomic E-state index is 13.4. The Morgan fingerprint density at radius 1 is 1.41 bits per heavy atom. The number of nitrogens with zero attached hydrogens (tertiary/aromatic N) is 2. The SMILES string of the molecule is NC(=O)c1c(N)ncn1Cc1ccccc1F. The zero-order valence-electron chi connectivity index (χ0n) is 8.93. The summed E-state index contributed by atoms with van der Waals surface area (Å²) < 4.78 is 14.9. The molecular weight excluding hydrogens is 223 g/mol. The molecule has 0 radical (unpaired) electrons. The number of hydrogen-bond acceptors (Lipinski definition) is 3. The van der Waals surface area contributed by atoms with E-state index < -0.39 is 5.91 Å². The van der Waals surface area contributed by atoms with Gasteiger partial charge < -0.3 is 16.0 Å². The second-order valence-corrected chi connectivity index (χ2v) is 3.56. The monoisotopic (exact) mass is 234 g/mol. The van der Waals surface area contributed by atoms with Gasteiger partial charge in [0, 0.05) is 5.56 Å². The second kappa shape index (κ2) is 4.25. The molecule has 0 fully saturated rings. The van der Waals surface area contributed by atoms with E-state index in [-0.39, 0.29) is 23.9 Å². The van der Waals surface area contributed by atoms with Crippen LogP contribution >= 0.6 is 0 Å². The fraction of sp³-hybridized carbons (Fsp3) is 0.0909. The minimum absolute atomic E-state index is 0.0499. The highest BCUT2D eigenvalue weighted by Gasteiger charge is 2.14. The molecular formula is C11H11FN4O. The molecule has 1 aromatic carbocycles. The second-order valence-electron chi connectivity index (χ2n) is 3.56. The first-order valence-corrected chi connectivity index (χ1v) is 4.93. The third-order valence-corrected chi connectivity index (χ3v) is 2.40. The maximum Gasteiger partial charge on any atom is 0.269 e. The van der Waals surface area contributed by atoms with Gasteiger partial charge in [-0.2, -0.15) is 0 Å². The van der Waals surface area contributed by atoms with Crippen LogP contribution in [0.2, 0.25) is 0 Å². The molecule has 0 aliphatic carbocycles. The van der Waals surface area contributed by atoms with Crippen LogP contribution in [0.1, 0.15) is 16.1 Å². The number of nitrogens with two attached hydrogens (primary N) is 2. The third-order valence-electron chi connectivity index (χ3n) is 2.40. The number of imidazole rings is 1. The minimum atomic E-state index is -0.684. The number of anilines is 1. The van der Waals surface area contributed by atoms with Crippen molar-refractivity contribution in [1.82, 2.24) is 9.55 Å². The highest BCUT2D eigenvalue weighted by Crippen LogP contribution is 2.13. The van der Waals surface area contributed by atoms with Gasteiger partial charge in [-0.3, -0.25) is 4.79 Å². The van der Waals surface area contributed by atoms with Crippen molar-refractivity contribution < 1.29 is 9.18 Å². The Balaban J connectivity index is 2.37. The number of amides is 1. The molecule has 0 spiro atoms. The van der Waals surface area contributed by atoms with E-state index in [4.69, 9.17) is 11.5 Å². The Kier molecular flexibility index (Phi) is 2.78. The van der Waals surface area contributed by atoms with Crippen LogP contribution in [0.25, 0.3) is 0 Å². The van der Waals surface area contributed by atoms with Crippen molar-refractivity contribution in [3.05, 3.63) is 47.7 Å². The molecule has 1 aromatic heterocycles. The highest BCUT2D eigenvalue weighted by molar-refractivity contribution is 5.95. The van der Waals surface area contributed by atoms with E-state index in [1.807, 2.05) is 0 Å². The molecule has 0 saturated heterocycles. The molecule has 0 aliphatic heterocycles. The highest BCUT2D eigenvalue weighted by atomic mass is 19.1. The van der Waals surface area contributed by atoms with Crippen LogP contribution in [0.15, 0.2) is 30.6 Å². The molecule has 17 heavy (non-hydrogen) atoms. The number of hydrogen-bond donors (Lipinski definition) is 2. The summed E-state index contributed by atoms with van der Waals surface area (Å²) in [6, 6.07) is 6.27. The van der Waals surface area contributed by atoms with Crippen LogP contribution in [-0.4, -0.2) is 15.5 Å². The Morgan fingerprint density at radius 2 is 2.12 bits per heavy atom. The van der Waals surface area contributed by atoms with Gasteiger partial charge in [0.05, 0.1) is 12.9 Å². The van der Waals surface area contributed by atoms with Gasteiger partial charge in [0.25, 0.3) is 5.91 Å². The van der Waals surface area contributed by atoms with Gasteiger partial charge in [0.15, 0.2) is 11.5 Å². The number of nitrogen functional groups attached to an aromatic ring is 1. The molecule has 0 aliphatic rings. The largest absolute Gasteiger partial charge is 0.382 e. The topological polar surface area (TPSA) is 86.9 Å². The molecule has 0 bridgehead atoms. The quantitative estimate of drug-likeness (QED) is 0.821. The minimum Gasteiger partial charge on any atom is -0.382 e.